The lowest BCUT2D eigenvalue weighted by Gasteiger charge is -2.43. The first-order valence-corrected chi connectivity index (χ1v) is 14.6. The van der Waals surface area contributed by atoms with Gasteiger partial charge < -0.3 is 10.2 Å². The highest BCUT2D eigenvalue weighted by Gasteiger charge is 2.48. The largest absolute Gasteiger partial charge is 0.420 e. The maximum Gasteiger partial charge on any atom is 0.257 e. The summed E-state index contributed by atoms with van der Waals surface area (Å²) in [5.74, 6) is 0. The van der Waals surface area contributed by atoms with Crippen LogP contribution in [-0.4, -0.2) is 29.4 Å². The van der Waals surface area contributed by atoms with Crippen LogP contribution in [-0.2, 0) is 0 Å². The molecule has 0 heterocycles. The summed E-state index contributed by atoms with van der Waals surface area (Å²) in [5, 5.41) is 6.02. The monoisotopic (exact) mass is 235 g/mol. The highest BCUT2D eigenvalue weighted by Crippen LogP contribution is 2.36. The van der Waals surface area contributed by atoms with E-state index in [-0.39, 0.29) is 0 Å². The number of hydrogen-bond donors (Lipinski definition) is 2. The van der Waals surface area contributed by atoms with Gasteiger partial charge in [-0.2, -0.15) is 0 Å². The zero-order valence-electron chi connectivity index (χ0n) is 10.1. The SMILES string of the molecule is C[Si](C)(C)C([Si](C)(C)C)[Si](C)(N)O. The fraction of sp³-hybridized carbons (Fsp3) is 1.00. The molecule has 5 heteroatoms. The molecule has 80 valence electrons. The Balaban J connectivity index is 5.02. The number of rotatable bonds is 3. The Kier molecular flexibility index (Phi) is 3.78. The van der Waals surface area contributed by atoms with E-state index in [1.807, 2.05) is 6.55 Å². The lowest BCUT2D eigenvalue weighted by Crippen LogP contribution is -2.63. The molecule has 0 aromatic carbocycles. The van der Waals surface area contributed by atoms with Crippen LogP contribution in [0.5, 0.6) is 0 Å². The molecule has 1 unspecified atom stereocenters. The van der Waals surface area contributed by atoms with Crippen LogP contribution >= 0.6 is 0 Å². The second kappa shape index (κ2) is 3.62. The third kappa shape index (κ3) is 4.07. The van der Waals surface area contributed by atoms with Gasteiger partial charge in [-0.1, -0.05) is 39.3 Å². The Bertz CT molecular complexity index is 142. The van der Waals surface area contributed by atoms with Gasteiger partial charge in [-0.3, -0.25) is 0 Å². The van der Waals surface area contributed by atoms with Crippen LogP contribution in [0.25, 0.3) is 0 Å². The zero-order valence-corrected chi connectivity index (χ0v) is 13.1. The molecule has 2 nitrogen and oxygen atoms in total. The van der Waals surface area contributed by atoms with Crippen molar-refractivity contribution in [1.82, 2.24) is 0 Å². The maximum absolute atomic E-state index is 10.1. The average Bonchev–Trinajstić information content (AvgIpc) is 1.44. The van der Waals surface area contributed by atoms with Crippen molar-refractivity contribution in [2.45, 2.75) is 50.6 Å². The van der Waals surface area contributed by atoms with Crippen LogP contribution < -0.4 is 5.40 Å². The Morgan fingerprint density at radius 1 is 0.846 bits per heavy atom. The minimum atomic E-state index is -2.43. The van der Waals surface area contributed by atoms with Crippen molar-refractivity contribution in [3.8, 4) is 0 Å². The van der Waals surface area contributed by atoms with E-state index in [9.17, 15) is 4.80 Å². The Hall–Kier alpha value is 0.571. The Morgan fingerprint density at radius 2 is 1.08 bits per heavy atom. The first-order valence-electron chi connectivity index (χ1n) is 4.88. The molecule has 0 aliphatic rings. The van der Waals surface area contributed by atoms with Gasteiger partial charge in [0.1, 0.15) is 0 Å². The van der Waals surface area contributed by atoms with Gasteiger partial charge in [0, 0.05) is 16.1 Å². The molecule has 0 saturated carbocycles. The minimum absolute atomic E-state index is 0.479. The van der Waals surface area contributed by atoms with Gasteiger partial charge in [0.25, 0.3) is 8.48 Å². The molecule has 1 atom stereocenters. The molecule has 0 aromatic heterocycles. The van der Waals surface area contributed by atoms with Crippen molar-refractivity contribution >= 4 is 24.6 Å². The van der Waals surface area contributed by atoms with Gasteiger partial charge in [-0.25, -0.2) is 0 Å². The maximum atomic E-state index is 10.1. The molecule has 0 spiro atoms. The summed E-state index contributed by atoms with van der Waals surface area (Å²) in [6.45, 7) is 15.8. The molecule has 0 radical (unpaired) electrons. The van der Waals surface area contributed by atoms with Crippen LogP contribution in [0.3, 0.4) is 0 Å². The quantitative estimate of drug-likeness (QED) is 0.736. The van der Waals surface area contributed by atoms with Crippen LogP contribution in [0.2, 0.25) is 50.6 Å². The fourth-order valence-corrected chi connectivity index (χ4v) is 27.5. The summed E-state index contributed by atoms with van der Waals surface area (Å²) >= 11 is 0. The van der Waals surface area contributed by atoms with E-state index in [1.165, 1.54) is 0 Å². The third-order valence-electron chi connectivity index (χ3n) is 2.32. The van der Waals surface area contributed by atoms with Gasteiger partial charge in [0.2, 0.25) is 0 Å². The van der Waals surface area contributed by atoms with Gasteiger partial charge in [0.05, 0.1) is 0 Å². The van der Waals surface area contributed by atoms with Crippen molar-refractivity contribution < 1.29 is 4.80 Å². The van der Waals surface area contributed by atoms with Crippen molar-refractivity contribution in [2.24, 2.45) is 5.40 Å². The van der Waals surface area contributed by atoms with E-state index in [4.69, 9.17) is 5.40 Å². The smallest absolute Gasteiger partial charge is 0.257 e. The number of hydrogen-bond acceptors (Lipinski definition) is 2. The van der Waals surface area contributed by atoms with E-state index in [2.05, 4.69) is 39.3 Å². The molecule has 0 fully saturated rings. The first-order chi connectivity index (χ1) is 5.37. The van der Waals surface area contributed by atoms with Crippen molar-refractivity contribution in [2.75, 3.05) is 0 Å². The highest BCUT2D eigenvalue weighted by atomic mass is 28.5. The lowest BCUT2D eigenvalue weighted by atomic mass is 11.7. The van der Waals surface area contributed by atoms with E-state index >= 15 is 0 Å². The molecule has 0 saturated heterocycles. The first kappa shape index (κ1) is 13.6. The predicted molar refractivity (Wildman–Crippen MR) is 68.5 cm³/mol. The van der Waals surface area contributed by atoms with Crippen molar-refractivity contribution in [3.63, 3.8) is 0 Å². The predicted octanol–water partition coefficient (Wildman–Crippen LogP) is 2.13. The molecule has 0 bridgehead atoms. The zero-order chi connectivity index (χ0) is 11.1. The van der Waals surface area contributed by atoms with Crippen LogP contribution in [0, 0.1) is 0 Å². The summed E-state index contributed by atoms with van der Waals surface area (Å²) in [5.41, 5.74) is 0. The second-order valence-electron chi connectivity index (χ2n) is 6.39. The molecule has 13 heavy (non-hydrogen) atoms. The van der Waals surface area contributed by atoms with E-state index < -0.39 is 24.6 Å². The topological polar surface area (TPSA) is 46.2 Å². The van der Waals surface area contributed by atoms with Gasteiger partial charge in [-0.15, -0.1) is 0 Å². The van der Waals surface area contributed by atoms with Crippen molar-refractivity contribution in [3.05, 3.63) is 0 Å². The van der Waals surface area contributed by atoms with Gasteiger partial charge in [0.15, 0.2) is 0 Å². The molecular weight excluding hydrogens is 210 g/mol. The summed E-state index contributed by atoms with van der Waals surface area (Å²) < 4.78 is 0. The summed E-state index contributed by atoms with van der Waals surface area (Å²) in [4.78, 5) is 10.6. The third-order valence-corrected chi connectivity index (χ3v) is 20.8. The molecular formula is C8H25NOSi3. The Labute approximate surface area is 85.8 Å². The molecule has 0 rings (SSSR count). The minimum Gasteiger partial charge on any atom is -0.420 e. The van der Waals surface area contributed by atoms with Gasteiger partial charge in [-0.05, 0) is 11.3 Å². The van der Waals surface area contributed by atoms with E-state index in [0.717, 1.165) is 0 Å². The lowest BCUT2D eigenvalue weighted by molar-refractivity contribution is 0.543. The summed E-state index contributed by atoms with van der Waals surface area (Å²) in [7, 11) is -5.05. The van der Waals surface area contributed by atoms with Crippen LogP contribution in [0.15, 0.2) is 0 Å². The van der Waals surface area contributed by atoms with Gasteiger partial charge >= 0.3 is 0 Å². The van der Waals surface area contributed by atoms with Crippen LogP contribution in [0.1, 0.15) is 0 Å². The molecule has 0 aliphatic carbocycles. The van der Waals surface area contributed by atoms with Crippen molar-refractivity contribution in [1.29, 1.82) is 0 Å². The average molecular weight is 236 g/mol. The number of nitrogens with two attached hydrogens (primary N) is 1. The molecule has 0 amide bonds. The van der Waals surface area contributed by atoms with E-state index in [1.54, 1.807) is 0 Å². The summed E-state index contributed by atoms with van der Waals surface area (Å²) in [6.07, 6.45) is 0. The molecule has 0 aromatic rings. The van der Waals surface area contributed by atoms with Crippen LogP contribution in [0.4, 0.5) is 0 Å². The summed E-state index contributed by atoms with van der Waals surface area (Å²) in [6, 6.07) is 0. The molecule has 3 N–H and O–H groups in total. The van der Waals surface area contributed by atoms with E-state index in [0.29, 0.717) is 4.79 Å². The fourth-order valence-electron chi connectivity index (χ4n) is 3.05. The Morgan fingerprint density at radius 3 is 1.08 bits per heavy atom. The molecule has 0 aliphatic heterocycles. The highest BCUT2D eigenvalue weighted by molar-refractivity contribution is 7.10. The normalized spacial score (nSPS) is 18.9. The standard InChI is InChI=1S/C8H25NOSi3/c1-11(2,3)8(12(4,5)6)13(7,9)10/h8,10H,9H2,1-7H3. The second-order valence-corrected chi connectivity index (χ2v) is 21.8.